The summed E-state index contributed by atoms with van der Waals surface area (Å²) in [7, 11) is 1.22. The Morgan fingerprint density at radius 2 is 2.42 bits per heavy atom. The molecule has 19 heavy (non-hydrogen) atoms. The number of benzene rings is 1. The predicted molar refractivity (Wildman–Crippen MR) is 64.5 cm³/mol. The van der Waals surface area contributed by atoms with E-state index in [1.165, 1.54) is 13.2 Å². The number of methoxy groups -OCH3 is 1. The van der Waals surface area contributed by atoms with Crippen molar-refractivity contribution < 1.29 is 18.7 Å². The normalized spacial score (nSPS) is 20.2. The maximum Gasteiger partial charge on any atom is 0.341 e. The quantitative estimate of drug-likeness (QED) is 0.364. The SMILES string of the molecule is COC(=O)c1cc(F)cc2c1OC(C)(CN=[N+]=[N-])C2. The van der Waals surface area contributed by atoms with E-state index in [2.05, 4.69) is 14.8 Å². The summed E-state index contributed by atoms with van der Waals surface area (Å²) in [6, 6.07) is 2.38. The lowest BCUT2D eigenvalue weighted by molar-refractivity contribution is 0.0587. The van der Waals surface area contributed by atoms with Crippen molar-refractivity contribution in [3.05, 3.63) is 39.5 Å². The molecule has 0 saturated carbocycles. The molecule has 1 heterocycles. The molecule has 6 nitrogen and oxygen atoms in total. The van der Waals surface area contributed by atoms with Crippen molar-refractivity contribution in [3.63, 3.8) is 0 Å². The van der Waals surface area contributed by atoms with Crippen LogP contribution >= 0.6 is 0 Å². The van der Waals surface area contributed by atoms with Crippen molar-refractivity contribution in [1.29, 1.82) is 0 Å². The zero-order valence-electron chi connectivity index (χ0n) is 10.5. The minimum absolute atomic E-state index is 0.0437. The average molecular weight is 265 g/mol. The summed E-state index contributed by atoms with van der Waals surface area (Å²) in [4.78, 5) is 14.3. The number of hydrogen-bond acceptors (Lipinski definition) is 4. The molecule has 0 fully saturated rings. The Bertz CT molecular complexity index is 584. The zero-order valence-corrected chi connectivity index (χ0v) is 10.5. The van der Waals surface area contributed by atoms with Crippen LogP contribution in [0, 0.1) is 5.82 Å². The number of azide groups is 1. The second kappa shape index (κ2) is 4.78. The Labute approximate surface area is 108 Å². The Kier molecular flexibility index (Phi) is 3.31. The van der Waals surface area contributed by atoms with Crippen LogP contribution in [0.15, 0.2) is 17.2 Å². The van der Waals surface area contributed by atoms with E-state index in [0.29, 0.717) is 17.7 Å². The number of nitrogens with zero attached hydrogens (tertiary/aromatic N) is 3. The third kappa shape index (κ3) is 2.46. The van der Waals surface area contributed by atoms with Gasteiger partial charge in [-0.25, -0.2) is 9.18 Å². The van der Waals surface area contributed by atoms with E-state index in [4.69, 9.17) is 10.3 Å². The first kappa shape index (κ1) is 13.2. The standard InChI is InChI=1S/C12H12FN3O3/c1-12(6-15-16-14)5-7-3-8(13)4-9(10(7)19-12)11(17)18-2/h3-4H,5-6H2,1-2H3. The van der Waals surface area contributed by atoms with Crippen LogP contribution < -0.4 is 4.74 Å². The Morgan fingerprint density at radius 3 is 3.05 bits per heavy atom. The number of carbonyl (C=O) groups is 1. The van der Waals surface area contributed by atoms with Gasteiger partial charge in [-0.1, -0.05) is 5.11 Å². The molecule has 1 aromatic carbocycles. The molecule has 0 N–H and O–H groups in total. The topological polar surface area (TPSA) is 84.3 Å². The molecule has 0 radical (unpaired) electrons. The van der Waals surface area contributed by atoms with Gasteiger partial charge >= 0.3 is 5.97 Å². The van der Waals surface area contributed by atoms with Gasteiger partial charge in [0.05, 0.1) is 13.7 Å². The summed E-state index contributed by atoms with van der Waals surface area (Å²) in [5.74, 6) is -0.900. The van der Waals surface area contributed by atoms with Gasteiger partial charge in [0, 0.05) is 16.9 Å². The van der Waals surface area contributed by atoms with Gasteiger partial charge in [-0.15, -0.1) is 0 Å². The van der Waals surface area contributed by atoms with Gasteiger partial charge in [0.2, 0.25) is 0 Å². The van der Waals surface area contributed by atoms with Crippen LogP contribution in [0.4, 0.5) is 4.39 Å². The van der Waals surface area contributed by atoms with E-state index in [1.807, 2.05) is 0 Å². The molecule has 0 aromatic heterocycles. The maximum absolute atomic E-state index is 13.5. The second-order valence-corrected chi connectivity index (χ2v) is 4.55. The van der Waals surface area contributed by atoms with E-state index in [9.17, 15) is 9.18 Å². The van der Waals surface area contributed by atoms with Crippen molar-refractivity contribution in [3.8, 4) is 5.75 Å². The third-order valence-electron chi connectivity index (χ3n) is 2.92. The number of ether oxygens (including phenoxy) is 2. The number of halogens is 1. The molecule has 1 atom stereocenters. The Morgan fingerprint density at radius 1 is 1.68 bits per heavy atom. The number of rotatable bonds is 3. The summed E-state index contributed by atoms with van der Waals surface area (Å²) in [5, 5.41) is 3.47. The lowest BCUT2D eigenvalue weighted by Gasteiger charge is -2.21. The number of carbonyl (C=O) groups excluding carboxylic acids is 1. The van der Waals surface area contributed by atoms with Gasteiger partial charge in [-0.2, -0.15) is 0 Å². The van der Waals surface area contributed by atoms with Crippen LogP contribution in [0.25, 0.3) is 10.4 Å². The number of fused-ring (bicyclic) bond motifs is 1. The summed E-state index contributed by atoms with van der Waals surface area (Å²) in [6.07, 6.45) is 0.364. The van der Waals surface area contributed by atoms with E-state index < -0.39 is 17.4 Å². The molecule has 1 aromatic rings. The zero-order chi connectivity index (χ0) is 14.0. The maximum atomic E-state index is 13.5. The third-order valence-corrected chi connectivity index (χ3v) is 2.92. The van der Waals surface area contributed by atoms with Gasteiger partial charge in [0.25, 0.3) is 0 Å². The van der Waals surface area contributed by atoms with Crippen LogP contribution in [0.3, 0.4) is 0 Å². The second-order valence-electron chi connectivity index (χ2n) is 4.55. The minimum Gasteiger partial charge on any atom is -0.486 e. The van der Waals surface area contributed by atoms with Crippen LogP contribution in [0.2, 0.25) is 0 Å². The fourth-order valence-corrected chi connectivity index (χ4v) is 2.12. The lowest BCUT2D eigenvalue weighted by Crippen LogP contribution is -2.33. The van der Waals surface area contributed by atoms with Crippen LogP contribution in [-0.4, -0.2) is 25.2 Å². The molecule has 7 heteroatoms. The highest BCUT2D eigenvalue weighted by Gasteiger charge is 2.37. The van der Waals surface area contributed by atoms with E-state index in [1.54, 1.807) is 6.92 Å². The minimum atomic E-state index is -0.773. The van der Waals surface area contributed by atoms with Crippen molar-refractivity contribution in [2.24, 2.45) is 5.11 Å². The predicted octanol–water partition coefficient (Wildman–Crippen LogP) is 2.62. The molecule has 1 aliphatic heterocycles. The van der Waals surface area contributed by atoms with Gasteiger partial charge in [-0.3, -0.25) is 0 Å². The molecule has 0 aliphatic carbocycles. The van der Waals surface area contributed by atoms with Crippen molar-refractivity contribution in [2.75, 3.05) is 13.7 Å². The first-order valence-corrected chi connectivity index (χ1v) is 5.60. The molecule has 100 valence electrons. The van der Waals surface area contributed by atoms with Crippen LogP contribution in [-0.2, 0) is 11.2 Å². The average Bonchev–Trinajstić information content (AvgIpc) is 2.71. The van der Waals surface area contributed by atoms with Crippen molar-refractivity contribution in [1.82, 2.24) is 0 Å². The molecule has 0 bridgehead atoms. The smallest absolute Gasteiger partial charge is 0.341 e. The van der Waals surface area contributed by atoms with Gasteiger partial charge in [0.1, 0.15) is 22.7 Å². The molecule has 2 rings (SSSR count). The van der Waals surface area contributed by atoms with Crippen molar-refractivity contribution in [2.45, 2.75) is 18.9 Å². The molecular weight excluding hydrogens is 253 g/mol. The summed E-state index contributed by atoms with van der Waals surface area (Å²) in [6.45, 7) is 1.83. The lowest BCUT2D eigenvalue weighted by atomic mass is 9.98. The highest BCUT2D eigenvalue weighted by Crippen LogP contribution is 2.39. The molecule has 1 unspecified atom stereocenters. The van der Waals surface area contributed by atoms with E-state index in [-0.39, 0.29) is 12.1 Å². The Balaban J connectivity index is 2.42. The fraction of sp³-hybridized carbons (Fsp3) is 0.417. The summed E-state index contributed by atoms with van der Waals surface area (Å²) < 4.78 is 23.7. The summed E-state index contributed by atoms with van der Waals surface area (Å²) in [5.41, 5.74) is 8.19. The highest BCUT2D eigenvalue weighted by molar-refractivity contribution is 5.93. The van der Waals surface area contributed by atoms with E-state index in [0.717, 1.165) is 6.07 Å². The molecule has 0 saturated heterocycles. The first-order chi connectivity index (χ1) is 8.99. The first-order valence-electron chi connectivity index (χ1n) is 5.60. The number of hydrogen-bond donors (Lipinski definition) is 0. The molecule has 1 aliphatic rings. The van der Waals surface area contributed by atoms with Crippen LogP contribution in [0.5, 0.6) is 5.75 Å². The van der Waals surface area contributed by atoms with Gasteiger partial charge < -0.3 is 9.47 Å². The fourth-order valence-electron chi connectivity index (χ4n) is 2.12. The van der Waals surface area contributed by atoms with Gasteiger partial charge in [-0.05, 0) is 24.6 Å². The highest BCUT2D eigenvalue weighted by atomic mass is 19.1. The van der Waals surface area contributed by atoms with Crippen molar-refractivity contribution >= 4 is 5.97 Å². The number of esters is 1. The van der Waals surface area contributed by atoms with Crippen LogP contribution in [0.1, 0.15) is 22.8 Å². The molecule has 0 amide bonds. The monoisotopic (exact) mass is 265 g/mol. The molecule has 0 spiro atoms. The molecular formula is C12H12FN3O3. The van der Waals surface area contributed by atoms with Gasteiger partial charge in [0.15, 0.2) is 0 Å². The van der Waals surface area contributed by atoms with E-state index >= 15 is 0 Å². The Hall–Kier alpha value is -2.27. The summed E-state index contributed by atoms with van der Waals surface area (Å²) >= 11 is 0. The largest absolute Gasteiger partial charge is 0.486 e.